The van der Waals surface area contributed by atoms with Crippen molar-refractivity contribution in [2.24, 2.45) is 0 Å². The lowest BCUT2D eigenvalue weighted by Crippen LogP contribution is -2.48. The number of hydrogen-bond donors (Lipinski definition) is 0. The third-order valence-corrected chi connectivity index (χ3v) is 9.04. The molecule has 27 heavy (non-hydrogen) atoms. The minimum absolute atomic E-state index is 0.401. The van der Waals surface area contributed by atoms with Crippen LogP contribution < -0.4 is 0 Å². The van der Waals surface area contributed by atoms with E-state index in [1.165, 1.54) is 30.6 Å². The molecule has 0 N–H and O–H groups in total. The van der Waals surface area contributed by atoms with Gasteiger partial charge in [0.2, 0.25) is 10.0 Å². The van der Waals surface area contributed by atoms with E-state index in [-0.39, 0.29) is 0 Å². The summed E-state index contributed by atoms with van der Waals surface area (Å²) in [6.45, 7) is 7.33. The van der Waals surface area contributed by atoms with Crippen molar-refractivity contribution in [1.29, 1.82) is 0 Å². The maximum Gasteiger partial charge on any atom is 0.244 e. The number of likely N-dealkylation sites (tertiary alicyclic amines) is 1. The van der Waals surface area contributed by atoms with E-state index in [9.17, 15) is 8.42 Å². The van der Waals surface area contributed by atoms with Crippen LogP contribution >= 0.6 is 11.3 Å². The topological polar surface area (TPSA) is 66.7 Å². The molecular weight excluding hydrogens is 382 g/mol. The second kappa shape index (κ2) is 7.66. The predicted molar refractivity (Wildman–Crippen MR) is 106 cm³/mol. The Labute approximate surface area is 165 Å². The SMILES string of the molecule is Cc1sc(C)c(S(=O)(=O)N2CCC(N3CCCCC3)CC2)c1-c1ccno1. The summed E-state index contributed by atoms with van der Waals surface area (Å²) in [7, 11) is -3.55. The highest BCUT2D eigenvalue weighted by Crippen LogP contribution is 2.40. The Balaban J connectivity index is 1.57. The van der Waals surface area contributed by atoms with Crippen molar-refractivity contribution in [2.75, 3.05) is 26.2 Å². The van der Waals surface area contributed by atoms with Gasteiger partial charge in [-0.3, -0.25) is 0 Å². The number of sulfonamides is 1. The quantitative estimate of drug-likeness (QED) is 0.771. The van der Waals surface area contributed by atoms with Crippen molar-refractivity contribution in [2.45, 2.75) is 56.9 Å². The normalized spacial score (nSPS) is 21.0. The summed E-state index contributed by atoms with van der Waals surface area (Å²) >= 11 is 1.51. The van der Waals surface area contributed by atoms with Crippen LogP contribution in [0.5, 0.6) is 0 Å². The number of thiophene rings is 1. The first-order valence-electron chi connectivity index (χ1n) is 9.73. The molecule has 0 aliphatic carbocycles. The minimum Gasteiger partial charge on any atom is -0.356 e. The van der Waals surface area contributed by atoms with Gasteiger partial charge in [0.1, 0.15) is 4.90 Å². The average molecular weight is 410 g/mol. The fraction of sp³-hybridized carbons (Fsp3) is 0.632. The molecule has 2 aliphatic rings. The maximum atomic E-state index is 13.5. The lowest BCUT2D eigenvalue weighted by atomic mass is 10.0. The van der Waals surface area contributed by atoms with Crippen LogP contribution in [-0.4, -0.2) is 55.0 Å². The monoisotopic (exact) mass is 409 g/mol. The summed E-state index contributed by atoms with van der Waals surface area (Å²) in [6.07, 6.45) is 7.25. The molecule has 148 valence electrons. The van der Waals surface area contributed by atoms with Gasteiger partial charge in [-0.1, -0.05) is 11.6 Å². The first-order valence-corrected chi connectivity index (χ1v) is 12.0. The molecule has 0 unspecified atom stereocenters. The first kappa shape index (κ1) is 19.1. The number of piperidine rings is 2. The molecule has 0 aromatic carbocycles. The molecule has 2 fully saturated rings. The van der Waals surface area contributed by atoms with Gasteiger partial charge in [-0.2, -0.15) is 4.31 Å². The van der Waals surface area contributed by atoms with Gasteiger partial charge in [-0.05, 0) is 52.6 Å². The highest BCUT2D eigenvalue weighted by Gasteiger charge is 2.36. The Bertz CT molecular complexity index is 876. The fourth-order valence-corrected chi connectivity index (χ4v) is 7.75. The summed E-state index contributed by atoms with van der Waals surface area (Å²) < 4.78 is 33.9. The van der Waals surface area contributed by atoms with E-state index in [4.69, 9.17) is 4.52 Å². The lowest BCUT2D eigenvalue weighted by molar-refractivity contribution is 0.118. The summed E-state index contributed by atoms with van der Waals surface area (Å²) in [5, 5.41) is 3.76. The fourth-order valence-electron chi connectivity index (χ4n) is 4.46. The van der Waals surface area contributed by atoms with Crippen LogP contribution in [0.3, 0.4) is 0 Å². The number of hydrogen-bond acceptors (Lipinski definition) is 6. The molecule has 0 atom stereocenters. The smallest absolute Gasteiger partial charge is 0.244 e. The predicted octanol–water partition coefficient (Wildman–Crippen LogP) is 3.66. The zero-order valence-electron chi connectivity index (χ0n) is 16.0. The largest absolute Gasteiger partial charge is 0.356 e. The number of aromatic nitrogens is 1. The average Bonchev–Trinajstić information content (AvgIpc) is 3.30. The second-order valence-corrected chi connectivity index (χ2v) is 10.8. The molecule has 2 aromatic rings. The molecule has 6 nitrogen and oxygen atoms in total. The maximum absolute atomic E-state index is 13.5. The van der Waals surface area contributed by atoms with E-state index in [2.05, 4.69) is 10.1 Å². The molecule has 0 saturated carbocycles. The molecule has 2 aliphatic heterocycles. The van der Waals surface area contributed by atoms with Gasteiger partial charge in [0, 0.05) is 35.0 Å². The van der Waals surface area contributed by atoms with E-state index in [0.29, 0.717) is 35.4 Å². The Hall–Kier alpha value is -1.22. The van der Waals surface area contributed by atoms with E-state index in [1.54, 1.807) is 16.6 Å². The summed E-state index contributed by atoms with van der Waals surface area (Å²) in [6, 6.07) is 2.26. The Morgan fingerprint density at radius 1 is 1.07 bits per heavy atom. The molecular formula is C19H27N3O3S2. The van der Waals surface area contributed by atoms with Crippen molar-refractivity contribution in [3.05, 3.63) is 22.0 Å². The molecule has 0 spiro atoms. The second-order valence-electron chi connectivity index (χ2n) is 7.53. The number of nitrogens with zero attached hydrogens (tertiary/aromatic N) is 3. The highest BCUT2D eigenvalue weighted by atomic mass is 32.2. The summed E-state index contributed by atoms with van der Waals surface area (Å²) in [4.78, 5) is 4.73. The van der Waals surface area contributed by atoms with Gasteiger partial charge in [-0.25, -0.2) is 8.42 Å². The Morgan fingerprint density at radius 3 is 2.41 bits per heavy atom. The van der Waals surface area contributed by atoms with Crippen LogP contribution in [-0.2, 0) is 10.0 Å². The van der Waals surface area contributed by atoms with Crippen molar-refractivity contribution in [3.63, 3.8) is 0 Å². The molecule has 0 bridgehead atoms. The molecule has 8 heteroatoms. The zero-order chi connectivity index (χ0) is 19.0. The van der Waals surface area contributed by atoms with Gasteiger partial charge >= 0.3 is 0 Å². The Morgan fingerprint density at radius 2 is 1.78 bits per heavy atom. The highest BCUT2D eigenvalue weighted by molar-refractivity contribution is 7.89. The van der Waals surface area contributed by atoms with E-state index in [0.717, 1.165) is 35.7 Å². The van der Waals surface area contributed by atoms with E-state index in [1.807, 2.05) is 13.8 Å². The van der Waals surface area contributed by atoms with Crippen LogP contribution in [0.1, 0.15) is 41.9 Å². The standard InChI is InChI=1S/C19H27N3O3S2/c1-14-18(17-6-9-20-25-17)19(15(2)26-14)27(23,24)22-12-7-16(8-13-22)21-10-4-3-5-11-21/h6,9,16H,3-5,7-8,10-13H2,1-2H3. The van der Waals surface area contributed by atoms with Gasteiger partial charge < -0.3 is 9.42 Å². The van der Waals surface area contributed by atoms with E-state index < -0.39 is 10.0 Å². The molecule has 2 aromatic heterocycles. The van der Waals surface area contributed by atoms with Crippen molar-refractivity contribution < 1.29 is 12.9 Å². The van der Waals surface area contributed by atoms with Crippen LogP contribution in [0.2, 0.25) is 0 Å². The third kappa shape index (κ3) is 3.60. The van der Waals surface area contributed by atoms with Gasteiger partial charge in [0.05, 0.1) is 11.8 Å². The van der Waals surface area contributed by atoms with Gasteiger partial charge in [0.15, 0.2) is 5.76 Å². The molecule has 4 rings (SSSR count). The van der Waals surface area contributed by atoms with Gasteiger partial charge in [-0.15, -0.1) is 11.3 Å². The van der Waals surface area contributed by atoms with E-state index >= 15 is 0 Å². The van der Waals surface area contributed by atoms with Crippen molar-refractivity contribution >= 4 is 21.4 Å². The molecule has 2 saturated heterocycles. The van der Waals surface area contributed by atoms with Gasteiger partial charge in [0.25, 0.3) is 0 Å². The first-order chi connectivity index (χ1) is 13.0. The number of rotatable bonds is 4. The van der Waals surface area contributed by atoms with Crippen LogP contribution in [0.15, 0.2) is 21.7 Å². The van der Waals surface area contributed by atoms with Crippen LogP contribution in [0, 0.1) is 13.8 Å². The molecule has 0 radical (unpaired) electrons. The van der Waals surface area contributed by atoms with Crippen molar-refractivity contribution in [1.82, 2.24) is 14.4 Å². The Kier molecular flexibility index (Phi) is 5.42. The van der Waals surface area contributed by atoms with Crippen LogP contribution in [0.25, 0.3) is 11.3 Å². The number of aryl methyl sites for hydroxylation is 2. The van der Waals surface area contributed by atoms with Crippen LogP contribution in [0.4, 0.5) is 0 Å². The molecule has 0 amide bonds. The zero-order valence-corrected chi connectivity index (χ0v) is 17.6. The third-order valence-electron chi connectivity index (χ3n) is 5.82. The minimum atomic E-state index is -3.55. The van der Waals surface area contributed by atoms with Crippen molar-refractivity contribution in [3.8, 4) is 11.3 Å². The lowest BCUT2D eigenvalue weighted by Gasteiger charge is -2.39. The molecule has 4 heterocycles. The summed E-state index contributed by atoms with van der Waals surface area (Å²) in [5.41, 5.74) is 0.674. The summed E-state index contributed by atoms with van der Waals surface area (Å²) in [5.74, 6) is 0.527.